The molecule has 102 valence electrons. The van der Waals surface area contributed by atoms with E-state index in [0.29, 0.717) is 12.2 Å². The minimum Gasteiger partial charge on any atom is -0.491 e. The lowest BCUT2D eigenvalue weighted by Crippen LogP contribution is -2.04. The lowest BCUT2D eigenvalue weighted by molar-refractivity contribution is 0.104. The Morgan fingerprint density at radius 2 is 2.10 bits per heavy atom. The molecule has 20 heavy (non-hydrogen) atoms. The van der Waals surface area contributed by atoms with Gasteiger partial charge in [-0.05, 0) is 42.5 Å². The molecule has 1 unspecified atom stereocenters. The average Bonchev–Trinajstić information content (AvgIpc) is 3.17. The standard InChI is InChI=1S/C16H14O4/c17-16(6-1-12-7-8-18-9-12)13-2-4-14(5-3-13)19-10-15-11-20-15/h1-9,15H,10-11H2/b6-1+. The minimum absolute atomic E-state index is 0.0525. The number of carbonyl (C=O) groups excluding carboxylic acids is 1. The predicted molar refractivity (Wildman–Crippen MR) is 73.7 cm³/mol. The summed E-state index contributed by atoms with van der Waals surface area (Å²) in [4.78, 5) is 11.9. The van der Waals surface area contributed by atoms with Crippen LogP contribution >= 0.6 is 0 Å². The van der Waals surface area contributed by atoms with Crippen molar-refractivity contribution in [1.29, 1.82) is 0 Å². The fraction of sp³-hybridized carbons (Fsp3) is 0.188. The van der Waals surface area contributed by atoms with E-state index in [0.717, 1.165) is 17.9 Å². The molecule has 4 heteroatoms. The SMILES string of the molecule is O=C(/C=C/c1ccoc1)c1ccc(OCC2CO2)cc1. The summed E-state index contributed by atoms with van der Waals surface area (Å²) in [6.45, 7) is 1.34. The molecule has 0 N–H and O–H groups in total. The number of hydrogen-bond donors (Lipinski definition) is 0. The molecule has 1 aromatic carbocycles. The van der Waals surface area contributed by atoms with Crippen molar-refractivity contribution in [2.75, 3.05) is 13.2 Å². The van der Waals surface area contributed by atoms with Gasteiger partial charge in [-0.1, -0.05) is 0 Å². The summed E-state index contributed by atoms with van der Waals surface area (Å²) in [5, 5.41) is 0. The summed E-state index contributed by atoms with van der Waals surface area (Å²) in [5.41, 5.74) is 1.49. The van der Waals surface area contributed by atoms with Crippen LogP contribution in [0.4, 0.5) is 0 Å². The van der Waals surface area contributed by atoms with Gasteiger partial charge in [0.25, 0.3) is 0 Å². The normalized spacial score (nSPS) is 17.3. The van der Waals surface area contributed by atoms with E-state index in [1.165, 1.54) is 6.08 Å². The summed E-state index contributed by atoms with van der Waals surface area (Å²) in [6, 6.07) is 8.89. The molecule has 0 aliphatic carbocycles. The van der Waals surface area contributed by atoms with Crippen molar-refractivity contribution < 1.29 is 18.7 Å². The first kappa shape index (κ1) is 12.7. The third-order valence-corrected chi connectivity index (χ3v) is 2.95. The number of allylic oxidation sites excluding steroid dienone is 1. The molecular formula is C16H14O4. The van der Waals surface area contributed by atoms with E-state index < -0.39 is 0 Å². The zero-order chi connectivity index (χ0) is 13.8. The number of ketones is 1. The molecule has 1 aliphatic heterocycles. The van der Waals surface area contributed by atoms with Gasteiger partial charge in [-0.15, -0.1) is 0 Å². The first-order valence-electron chi connectivity index (χ1n) is 6.40. The molecule has 4 nitrogen and oxygen atoms in total. The van der Waals surface area contributed by atoms with Crippen LogP contribution in [0.2, 0.25) is 0 Å². The van der Waals surface area contributed by atoms with Crippen LogP contribution in [-0.2, 0) is 4.74 Å². The van der Waals surface area contributed by atoms with Gasteiger partial charge in [0.1, 0.15) is 18.5 Å². The Bertz CT molecular complexity index is 592. The van der Waals surface area contributed by atoms with E-state index in [-0.39, 0.29) is 11.9 Å². The van der Waals surface area contributed by atoms with Crippen LogP contribution in [0.5, 0.6) is 5.75 Å². The van der Waals surface area contributed by atoms with Crippen molar-refractivity contribution in [2.45, 2.75) is 6.10 Å². The van der Waals surface area contributed by atoms with Crippen LogP contribution in [0.3, 0.4) is 0 Å². The zero-order valence-corrected chi connectivity index (χ0v) is 10.8. The van der Waals surface area contributed by atoms with E-state index in [2.05, 4.69) is 0 Å². The van der Waals surface area contributed by atoms with Crippen molar-refractivity contribution in [3.63, 3.8) is 0 Å². The van der Waals surface area contributed by atoms with Crippen LogP contribution in [0.15, 0.2) is 53.4 Å². The number of hydrogen-bond acceptors (Lipinski definition) is 4. The maximum absolute atomic E-state index is 11.9. The topological polar surface area (TPSA) is 52.0 Å². The number of benzene rings is 1. The van der Waals surface area contributed by atoms with Gasteiger partial charge in [0.2, 0.25) is 0 Å². The molecule has 0 spiro atoms. The second-order valence-corrected chi connectivity index (χ2v) is 4.54. The van der Waals surface area contributed by atoms with E-state index in [4.69, 9.17) is 13.9 Å². The lowest BCUT2D eigenvalue weighted by Gasteiger charge is -2.04. The van der Waals surface area contributed by atoms with Crippen LogP contribution < -0.4 is 4.74 Å². The van der Waals surface area contributed by atoms with Crippen LogP contribution in [0, 0.1) is 0 Å². The van der Waals surface area contributed by atoms with Crippen molar-refractivity contribution in [3.8, 4) is 5.75 Å². The Balaban J connectivity index is 1.59. The molecule has 0 saturated carbocycles. The zero-order valence-electron chi connectivity index (χ0n) is 10.8. The molecule has 1 aromatic heterocycles. The first-order chi connectivity index (χ1) is 9.81. The Hall–Kier alpha value is -2.33. The summed E-state index contributed by atoms with van der Waals surface area (Å²) in [6.07, 6.45) is 6.63. The first-order valence-corrected chi connectivity index (χ1v) is 6.40. The molecule has 2 aromatic rings. The molecule has 3 rings (SSSR count). The van der Waals surface area contributed by atoms with Gasteiger partial charge < -0.3 is 13.9 Å². The van der Waals surface area contributed by atoms with Crippen molar-refractivity contribution in [3.05, 3.63) is 60.1 Å². The number of rotatable bonds is 6. The fourth-order valence-electron chi connectivity index (χ4n) is 1.71. The van der Waals surface area contributed by atoms with Gasteiger partial charge in [0.15, 0.2) is 5.78 Å². The van der Waals surface area contributed by atoms with Crippen LogP contribution in [-0.4, -0.2) is 25.1 Å². The Labute approximate surface area is 116 Å². The predicted octanol–water partition coefficient (Wildman–Crippen LogP) is 2.95. The van der Waals surface area contributed by atoms with Crippen molar-refractivity contribution >= 4 is 11.9 Å². The summed E-state index contributed by atoms with van der Waals surface area (Å²) < 4.78 is 15.5. The second kappa shape index (κ2) is 5.75. The lowest BCUT2D eigenvalue weighted by atomic mass is 10.1. The van der Waals surface area contributed by atoms with Gasteiger partial charge >= 0.3 is 0 Å². The second-order valence-electron chi connectivity index (χ2n) is 4.54. The highest BCUT2D eigenvalue weighted by Gasteiger charge is 2.22. The number of epoxide rings is 1. The van der Waals surface area contributed by atoms with E-state index in [9.17, 15) is 4.79 Å². The molecule has 1 fully saturated rings. The summed E-state index contributed by atoms with van der Waals surface area (Å²) >= 11 is 0. The molecule has 1 aliphatic rings. The highest BCUT2D eigenvalue weighted by Crippen LogP contribution is 2.16. The summed E-state index contributed by atoms with van der Waals surface area (Å²) in [5.74, 6) is 0.694. The largest absolute Gasteiger partial charge is 0.491 e. The third kappa shape index (κ3) is 3.36. The van der Waals surface area contributed by atoms with Gasteiger partial charge in [-0.2, -0.15) is 0 Å². The van der Waals surface area contributed by atoms with E-state index in [1.807, 2.05) is 0 Å². The molecule has 1 saturated heterocycles. The van der Waals surface area contributed by atoms with Gasteiger partial charge in [0, 0.05) is 11.1 Å². The Kier molecular flexibility index (Phi) is 3.65. The average molecular weight is 270 g/mol. The molecular weight excluding hydrogens is 256 g/mol. The summed E-state index contributed by atoms with van der Waals surface area (Å²) in [7, 11) is 0. The molecule has 0 bridgehead atoms. The van der Waals surface area contributed by atoms with Gasteiger partial charge in [0.05, 0.1) is 19.1 Å². The highest BCUT2D eigenvalue weighted by molar-refractivity contribution is 6.06. The Morgan fingerprint density at radius 3 is 2.75 bits per heavy atom. The van der Waals surface area contributed by atoms with Crippen LogP contribution in [0.25, 0.3) is 6.08 Å². The minimum atomic E-state index is -0.0525. The van der Waals surface area contributed by atoms with Gasteiger partial charge in [-0.3, -0.25) is 4.79 Å². The van der Waals surface area contributed by atoms with Crippen molar-refractivity contribution in [2.24, 2.45) is 0 Å². The van der Waals surface area contributed by atoms with E-state index in [1.54, 1.807) is 48.9 Å². The molecule has 0 radical (unpaired) electrons. The number of ether oxygens (including phenoxy) is 2. The van der Waals surface area contributed by atoms with Crippen molar-refractivity contribution in [1.82, 2.24) is 0 Å². The fourth-order valence-corrected chi connectivity index (χ4v) is 1.71. The monoisotopic (exact) mass is 270 g/mol. The smallest absolute Gasteiger partial charge is 0.185 e. The van der Waals surface area contributed by atoms with E-state index >= 15 is 0 Å². The molecule has 2 heterocycles. The van der Waals surface area contributed by atoms with Crippen LogP contribution in [0.1, 0.15) is 15.9 Å². The maximum atomic E-state index is 11.9. The third-order valence-electron chi connectivity index (χ3n) is 2.95. The molecule has 0 amide bonds. The maximum Gasteiger partial charge on any atom is 0.185 e. The number of carbonyl (C=O) groups is 1. The Morgan fingerprint density at radius 1 is 1.30 bits per heavy atom. The molecule has 1 atom stereocenters. The van der Waals surface area contributed by atoms with Gasteiger partial charge in [-0.25, -0.2) is 0 Å². The quantitative estimate of drug-likeness (QED) is 0.460. The number of furan rings is 1. The highest BCUT2D eigenvalue weighted by atomic mass is 16.6.